The largest absolute Gasteiger partial charge is 0.481 e. The zero-order chi connectivity index (χ0) is 17.8. The molecule has 1 aromatic heterocycles. The maximum absolute atomic E-state index is 11.3. The summed E-state index contributed by atoms with van der Waals surface area (Å²) in [6, 6.07) is 15.5. The molecule has 0 saturated carbocycles. The number of methoxy groups -OCH3 is 1. The minimum atomic E-state index is -0.418. The summed E-state index contributed by atoms with van der Waals surface area (Å²) in [6.07, 6.45) is 0.747. The maximum atomic E-state index is 11.3. The second-order valence-electron chi connectivity index (χ2n) is 5.72. The van der Waals surface area contributed by atoms with Gasteiger partial charge in [0, 0.05) is 16.1 Å². The van der Waals surface area contributed by atoms with Crippen molar-refractivity contribution in [2.45, 2.75) is 13.3 Å². The number of ether oxygens (including phenoxy) is 2. The minimum absolute atomic E-state index is 0.129. The lowest BCUT2D eigenvalue weighted by atomic mass is 10.0. The van der Waals surface area contributed by atoms with Gasteiger partial charge in [0.15, 0.2) is 6.61 Å². The highest BCUT2D eigenvalue weighted by molar-refractivity contribution is 6.30. The molecule has 0 saturated heterocycles. The molecule has 1 heterocycles. The van der Waals surface area contributed by atoms with Crippen molar-refractivity contribution < 1.29 is 14.3 Å². The standard InChI is InChI=1S/C20H18ClNO3/c1-13-15(10-14-6-8-16(21)9-7-14)11-17-18(22-13)4-3-5-19(17)25-12-20(23)24-2/h3-9,11H,10,12H2,1-2H3. The highest BCUT2D eigenvalue weighted by atomic mass is 35.5. The lowest BCUT2D eigenvalue weighted by Crippen LogP contribution is -2.12. The van der Waals surface area contributed by atoms with Crippen molar-refractivity contribution in [3.05, 3.63) is 70.4 Å². The number of aryl methyl sites for hydroxylation is 1. The van der Waals surface area contributed by atoms with Crippen LogP contribution in [-0.2, 0) is 16.0 Å². The van der Waals surface area contributed by atoms with E-state index in [0.29, 0.717) is 5.75 Å². The highest BCUT2D eigenvalue weighted by Gasteiger charge is 2.10. The van der Waals surface area contributed by atoms with Gasteiger partial charge in [-0.1, -0.05) is 29.8 Å². The van der Waals surface area contributed by atoms with Crippen molar-refractivity contribution in [3.63, 3.8) is 0 Å². The van der Waals surface area contributed by atoms with Gasteiger partial charge in [-0.2, -0.15) is 0 Å². The predicted molar refractivity (Wildman–Crippen MR) is 98.2 cm³/mol. The van der Waals surface area contributed by atoms with Gasteiger partial charge < -0.3 is 9.47 Å². The van der Waals surface area contributed by atoms with E-state index >= 15 is 0 Å². The molecule has 0 amide bonds. The zero-order valence-corrected chi connectivity index (χ0v) is 14.8. The number of rotatable bonds is 5. The van der Waals surface area contributed by atoms with Crippen LogP contribution in [0.15, 0.2) is 48.5 Å². The third-order valence-corrected chi connectivity index (χ3v) is 4.25. The molecule has 0 aliphatic heterocycles. The Kier molecular flexibility index (Phi) is 5.19. The van der Waals surface area contributed by atoms with E-state index in [4.69, 9.17) is 16.3 Å². The summed E-state index contributed by atoms with van der Waals surface area (Å²) in [4.78, 5) is 16.0. The van der Waals surface area contributed by atoms with Crippen LogP contribution in [0.3, 0.4) is 0 Å². The summed E-state index contributed by atoms with van der Waals surface area (Å²) in [5, 5.41) is 1.59. The van der Waals surface area contributed by atoms with Crippen LogP contribution in [0.4, 0.5) is 0 Å². The second kappa shape index (κ2) is 7.53. The number of carbonyl (C=O) groups excluding carboxylic acids is 1. The van der Waals surface area contributed by atoms with Crippen LogP contribution in [-0.4, -0.2) is 24.7 Å². The normalized spacial score (nSPS) is 10.7. The molecule has 0 radical (unpaired) electrons. The third-order valence-electron chi connectivity index (χ3n) is 4.00. The summed E-state index contributed by atoms with van der Waals surface area (Å²) in [6.45, 7) is 1.86. The van der Waals surface area contributed by atoms with Gasteiger partial charge in [-0.25, -0.2) is 4.79 Å². The van der Waals surface area contributed by atoms with Gasteiger partial charge in [-0.15, -0.1) is 0 Å². The predicted octanol–water partition coefficient (Wildman–Crippen LogP) is 4.34. The van der Waals surface area contributed by atoms with Gasteiger partial charge in [0.2, 0.25) is 0 Å². The smallest absolute Gasteiger partial charge is 0.343 e. The number of benzene rings is 2. The maximum Gasteiger partial charge on any atom is 0.343 e. The molecule has 0 fully saturated rings. The summed E-state index contributed by atoms with van der Waals surface area (Å²) in [5.74, 6) is 0.200. The average molecular weight is 356 g/mol. The van der Waals surface area contributed by atoms with E-state index in [-0.39, 0.29) is 6.61 Å². The number of carbonyl (C=O) groups is 1. The quantitative estimate of drug-likeness (QED) is 0.639. The summed E-state index contributed by atoms with van der Waals surface area (Å²) in [7, 11) is 1.34. The first kappa shape index (κ1) is 17.2. The van der Waals surface area contributed by atoms with Crippen LogP contribution in [0.25, 0.3) is 10.9 Å². The Balaban J connectivity index is 1.95. The number of hydrogen-bond acceptors (Lipinski definition) is 4. The molecule has 25 heavy (non-hydrogen) atoms. The van der Waals surface area contributed by atoms with Crippen LogP contribution in [0.2, 0.25) is 5.02 Å². The van der Waals surface area contributed by atoms with E-state index in [9.17, 15) is 4.79 Å². The van der Waals surface area contributed by atoms with E-state index < -0.39 is 5.97 Å². The molecule has 0 spiro atoms. The number of pyridine rings is 1. The number of fused-ring (bicyclic) bond motifs is 1. The first-order valence-corrected chi connectivity index (χ1v) is 8.28. The third kappa shape index (κ3) is 4.09. The SMILES string of the molecule is COC(=O)COc1cccc2nc(C)c(Cc3ccc(Cl)cc3)cc12. The van der Waals surface area contributed by atoms with Crippen molar-refractivity contribution in [2.75, 3.05) is 13.7 Å². The van der Waals surface area contributed by atoms with Crippen molar-refractivity contribution in [2.24, 2.45) is 0 Å². The summed E-state index contributed by atoms with van der Waals surface area (Å²) >= 11 is 5.95. The molecule has 3 aromatic rings. The van der Waals surface area contributed by atoms with Gasteiger partial charge in [0.25, 0.3) is 0 Å². The van der Waals surface area contributed by atoms with E-state index in [0.717, 1.165) is 39.2 Å². The minimum Gasteiger partial charge on any atom is -0.481 e. The Morgan fingerprint density at radius 3 is 2.64 bits per heavy atom. The van der Waals surface area contributed by atoms with Crippen LogP contribution < -0.4 is 4.74 Å². The Labute approximate surface area is 151 Å². The number of aromatic nitrogens is 1. The van der Waals surface area contributed by atoms with Gasteiger partial charge in [0.05, 0.1) is 12.6 Å². The Hall–Kier alpha value is -2.59. The number of esters is 1. The van der Waals surface area contributed by atoms with E-state index in [1.165, 1.54) is 7.11 Å². The lowest BCUT2D eigenvalue weighted by molar-refractivity contribution is -0.142. The molecular weight excluding hydrogens is 338 g/mol. The van der Waals surface area contributed by atoms with Gasteiger partial charge >= 0.3 is 5.97 Å². The van der Waals surface area contributed by atoms with Crippen molar-refractivity contribution in [3.8, 4) is 5.75 Å². The Morgan fingerprint density at radius 2 is 1.92 bits per heavy atom. The molecule has 0 aliphatic rings. The van der Waals surface area contributed by atoms with Crippen LogP contribution in [0.5, 0.6) is 5.75 Å². The fraction of sp³-hybridized carbons (Fsp3) is 0.200. The van der Waals surface area contributed by atoms with Crippen LogP contribution >= 0.6 is 11.6 Å². The van der Waals surface area contributed by atoms with Crippen molar-refractivity contribution >= 4 is 28.5 Å². The summed E-state index contributed by atoms with van der Waals surface area (Å²) < 4.78 is 10.2. The molecule has 0 unspecified atom stereocenters. The van der Waals surface area contributed by atoms with E-state index in [1.807, 2.05) is 49.4 Å². The number of nitrogens with zero attached hydrogens (tertiary/aromatic N) is 1. The lowest BCUT2D eigenvalue weighted by Gasteiger charge is -2.12. The Morgan fingerprint density at radius 1 is 1.16 bits per heavy atom. The van der Waals surface area contributed by atoms with Gasteiger partial charge in [-0.3, -0.25) is 4.98 Å². The van der Waals surface area contributed by atoms with Crippen LogP contribution in [0, 0.1) is 6.92 Å². The molecule has 5 heteroatoms. The van der Waals surface area contributed by atoms with Crippen molar-refractivity contribution in [1.82, 2.24) is 4.98 Å². The fourth-order valence-corrected chi connectivity index (χ4v) is 2.75. The zero-order valence-electron chi connectivity index (χ0n) is 14.1. The molecule has 4 nitrogen and oxygen atoms in total. The number of hydrogen-bond donors (Lipinski definition) is 0. The molecule has 0 aliphatic carbocycles. The van der Waals surface area contributed by atoms with Crippen LogP contribution in [0.1, 0.15) is 16.8 Å². The Bertz CT molecular complexity index is 907. The van der Waals surface area contributed by atoms with Gasteiger partial charge in [-0.05, 0) is 54.8 Å². The van der Waals surface area contributed by atoms with Crippen molar-refractivity contribution in [1.29, 1.82) is 0 Å². The molecule has 0 atom stereocenters. The second-order valence-corrected chi connectivity index (χ2v) is 6.16. The summed E-state index contributed by atoms with van der Waals surface area (Å²) in [5.41, 5.74) is 4.05. The van der Waals surface area contributed by atoms with E-state index in [2.05, 4.69) is 15.8 Å². The topological polar surface area (TPSA) is 48.4 Å². The van der Waals surface area contributed by atoms with E-state index in [1.54, 1.807) is 0 Å². The molecule has 2 aromatic carbocycles. The molecule has 128 valence electrons. The molecule has 0 N–H and O–H groups in total. The molecular formula is C20H18ClNO3. The number of halogens is 1. The first-order chi connectivity index (χ1) is 12.1. The van der Waals surface area contributed by atoms with Gasteiger partial charge in [0.1, 0.15) is 5.75 Å². The first-order valence-electron chi connectivity index (χ1n) is 7.90. The molecule has 3 rings (SSSR count). The highest BCUT2D eigenvalue weighted by Crippen LogP contribution is 2.27. The fourth-order valence-electron chi connectivity index (χ4n) is 2.63. The molecule has 0 bridgehead atoms. The monoisotopic (exact) mass is 355 g/mol. The average Bonchev–Trinajstić information content (AvgIpc) is 2.62.